The van der Waals surface area contributed by atoms with Gasteiger partial charge in [-0.25, -0.2) is 0 Å². The molecule has 0 aromatic heterocycles. The van der Waals surface area contributed by atoms with Gasteiger partial charge >= 0.3 is 0 Å². The lowest BCUT2D eigenvalue weighted by molar-refractivity contribution is 0.520. The molecule has 0 fully saturated rings. The second kappa shape index (κ2) is 7.43. The van der Waals surface area contributed by atoms with E-state index in [-0.39, 0.29) is 16.2 Å². The third kappa shape index (κ3) is 3.09. The van der Waals surface area contributed by atoms with Crippen LogP contribution >= 0.6 is 31.9 Å². The molecule has 2 aliphatic rings. The quantitative estimate of drug-likeness (QED) is 0.166. The molecule has 0 aliphatic heterocycles. The summed E-state index contributed by atoms with van der Waals surface area (Å²) in [5, 5.41) is 0. The Morgan fingerprint density at radius 3 is 1.60 bits per heavy atom. The Balaban J connectivity index is 1.91. The first-order valence-corrected chi connectivity index (χ1v) is 13.9. The van der Waals surface area contributed by atoms with Crippen molar-refractivity contribution < 1.29 is 0 Å². The summed E-state index contributed by atoms with van der Waals surface area (Å²) in [4.78, 5) is 0. The Labute approximate surface area is 226 Å². The molecule has 6 rings (SSSR count). The van der Waals surface area contributed by atoms with Crippen molar-refractivity contribution in [2.75, 3.05) is 0 Å². The molecule has 0 radical (unpaired) electrons. The van der Waals surface area contributed by atoms with Crippen LogP contribution < -0.4 is 0 Å². The molecular weight excluding hydrogens is 556 g/mol. The molecule has 0 unspecified atom stereocenters. The summed E-state index contributed by atoms with van der Waals surface area (Å²) >= 11 is 7.66. The molecule has 4 aromatic rings. The van der Waals surface area contributed by atoms with E-state index in [0.717, 1.165) is 8.95 Å². The lowest BCUT2D eigenvalue weighted by atomic mass is 9.63. The zero-order valence-corrected chi connectivity index (χ0v) is 24.4. The predicted octanol–water partition coefficient (Wildman–Crippen LogP) is 10.2. The molecule has 1 spiro atoms. The maximum Gasteiger partial charge on any atom is 0.0729 e. The lowest BCUT2D eigenvalue weighted by Gasteiger charge is -2.39. The number of rotatable bonds is 0. The highest BCUT2D eigenvalue weighted by Gasteiger charge is 2.54. The van der Waals surface area contributed by atoms with E-state index in [0.29, 0.717) is 0 Å². The summed E-state index contributed by atoms with van der Waals surface area (Å²) in [5.41, 5.74) is 13.6. The summed E-state index contributed by atoms with van der Waals surface area (Å²) in [7, 11) is 0. The van der Waals surface area contributed by atoms with Crippen LogP contribution in [0.2, 0.25) is 0 Å². The van der Waals surface area contributed by atoms with Crippen LogP contribution in [0.4, 0.5) is 0 Å². The van der Waals surface area contributed by atoms with Crippen LogP contribution in [-0.2, 0) is 16.2 Å². The van der Waals surface area contributed by atoms with Gasteiger partial charge in [-0.3, -0.25) is 0 Å². The number of hydrogen-bond acceptors (Lipinski definition) is 0. The first kappa shape index (κ1) is 23.3. The minimum atomic E-state index is -0.353. The predicted molar refractivity (Wildman–Crippen MR) is 156 cm³/mol. The van der Waals surface area contributed by atoms with Gasteiger partial charge in [-0.15, -0.1) is 0 Å². The Bertz CT molecular complexity index is 1470. The molecule has 2 aliphatic carbocycles. The van der Waals surface area contributed by atoms with Gasteiger partial charge in [0.05, 0.1) is 5.41 Å². The average molecular weight is 586 g/mol. The van der Waals surface area contributed by atoms with Crippen molar-refractivity contribution in [2.24, 2.45) is 0 Å². The number of hydrogen-bond donors (Lipinski definition) is 0. The van der Waals surface area contributed by atoms with E-state index in [1.807, 2.05) is 0 Å². The molecule has 4 aromatic carbocycles. The van der Waals surface area contributed by atoms with Crippen LogP contribution in [0.15, 0.2) is 81.7 Å². The smallest absolute Gasteiger partial charge is 0.0619 e. The van der Waals surface area contributed by atoms with E-state index >= 15 is 0 Å². The highest BCUT2D eigenvalue weighted by molar-refractivity contribution is 9.10. The van der Waals surface area contributed by atoms with Gasteiger partial charge in [0.15, 0.2) is 0 Å². The Kier molecular flexibility index (Phi) is 4.94. The fraction of sp³-hybridized carbons (Fsp3) is 0.273. The molecular formula is C33H30Br2. The highest BCUT2D eigenvalue weighted by atomic mass is 79.9. The summed E-state index contributed by atoms with van der Waals surface area (Å²) in [5.74, 6) is 0. The minimum absolute atomic E-state index is 0.0239. The first-order valence-electron chi connectivity index (χ1n) is 12.3. The van der Waals surface area contributed by atoms with E-state index < -0.39 is 0 Å². The molecule has 0 N–H and O–H groups in total. The fourth-order valence-corrected chi connectivity index (χ4v) is 7.35. The zero-order valence-electron chi connectivity index (χ0n) is 21.2. The molecule has 0 saturated carbocycles. The van der Waals surface area contributed by atoms with Crippen molar-refractivity contribution in [3.05, 3.63) is 115 Å². The number of benzene rings is 4. The van der Waals surface area contributed by atoms with Crippen LogP contribution in [0.5, 0.6) is 0 Å². The van der Waals surface area contributed by atoms with Gasteiger partial charge < -0.3 is 0 Å². The lowest BCUT2D eigenvalue weighted by Crippen LogP contribution is -2.32. The molecule has 0 nitrogen and oxygen atoms in total. The van der Waals surface area contributed by atoms with Crippen LogP contribution in [0.25, 0.3) is 22.3 Å². The molecule has 0 heterocycles. The Hall–Kier alpha value is -2.16. The van der Waals surface area contributed by atoms with Crippen molar-refractivity contribution in [1.82, 2.24) is 0 Å². The van der Waals surface area contributed by atoms with E-state index in [9.17, 15) is 0 Å². The monoisotopic (exact) mass is 584 g/mol. The van der Waals surface area contributed by atoms with Crippen LogP contribution in [0, 0.1) is 0 Å². The molecule has 176 valence electrons. The molecule has 0 saturated heterocycles. The topological polar surface area (TPSA) is 0 Å². The second-order valence-corrected chi connectivity index (χ2v) is 13.9. The molecule has 2 heteroatoms. The van der Waals surface area contributed by atoms with E-state index in [1.165, 1.54) is 55.6 Å². The van der Waals surface area contributed by atoms with Crippen LogP contribution in [0.1, 0.15) is 74.9 Å². The van der Waals surface area contributed by atoms with Crippen molar-refractivity contribution in [2.45, 2.75) is 57.8 Å². The van der Waals surface area contributed by atoms with Crippen LogP contribution in [-0.4, -0.2) is 0 Å². The van der Waals surface area contributed by atoms with E-state index in [4.69, 9.17) is 0 Å². The Morgan fingerprint density at radius 2 is 1.06 bits per heavy atom. The van der Waals surface area contributed by atoms with Gasteiger partial charge in [0.1, 0.15) is 0 Å². The number of fused-ring (bicyclic) bond motifs is 10. The fourth-order valence-electron chi connectivity index (χ4n) is 6.63. The summed E-state index contributed by atoms with van der Waals surface area (Å²) in [6.07, 6.45) is 0. The van der Waals surface area contributed by atoms with Crippen molar-refractivity contribution in [3.8, 4) is 22.3 Å². The van der Waals surface area contributed by atoms with Gasteiger partial charge in [-0.1, -0.05) is 122 Å². The summed E-state index contributed by atoms with van der Waals surface area (Å²) in [6.45, 7) is 14.2. The van der Waals surface area contributed by atoms with Crippen molar-refractivity contribution in [1.29, 1.82) is 0 Å². The number of halogens is 2. The maximum atomic E-state index is 3.83. The standard InChI is InChI=1S/C33H30Br2/c1-31(2,3)26-16-15-24-21-9-7-8-10-25(21)33(29(24)30(26)32(4,5)6)27-17-19(34)11-13-22(27)23-14-12-20(35)18-28(23)33/h7-18H,1-6H3. The van der Waals surface area contributed by atoms with Crippen molar-refractivity contribution in [3.63, 3.8) is 0 Å². The normalized spacial score (nSPS) is 15.1. The molecule has 0 bridgehead atoms. The van der Waals surface area contributed by atoms with Crippen LogP contribution in [0.3, 0.4) is 0 Å². The summed E-state index contributed by atoms with van der Waals surface area (Å²) in [6, 6.07) is 27.6. The minimum Gasteiger partial charge on any atom is -0.0619 e. The maximum absolute atomic E-state index is 3.83. The third-order valence-electron chi connectivity index (χ3n) is 7.82. The zero-order chi connectivity index (χ0) is 24.9. The van der Waals surface area contributed by atoms with Gasteiger partial charge in [0.2, 0.25) is 0 Å². The highest BCUT2D eigenvalue weighted by Crippen LogP contribution is 2.65. The van der Waals surface area contributed by atoms with E-state index in [1.54, 1.807) is 0 Å². The Morgan fingerprint density at radius 1 is 0.543 bits per heavy atom. The summed E-state index contributed by atoms with van der Waals surface area (Å²) < 4.78 is 2.25. The molecule has 35 heavy (non-hydrogen) atoms. The molecule has 0 amide bonds. The van der Waals surface area contributed by atoms with E-state index in [2.05, 4.69) is 146 Å². The molecule has 0 atom stereocenters. The van der Waals surface area contributed by atoms with Gasteiger partial charge in [0.25, 0.3) is 0 Å². The SMILES string of the molecule is CC(C)(C)c1ccc2c(c1C(C)(C)C)C1(c3cc(Br)ccc3-c3ccc(Br)cc31)c1ccccc1-2. The van der Waals surface area contributed by atoms with Gasteiger partial charge in [-0.05, 0) is 90.7 Å². The second-order valence-electron chi connectivity index (χ2n) is 12.1. The average Bonchev–Trinajstić information content (AvgIpc) is 3.23. The largest absolute Gasteiger partial charge is 0.0729 e. The van der Waals surface area contributed by atoms with Crippen molar-refractivity contribution >= 4 is 31.9 Å². The third-order valence-corrected chi connectivity index (χ3v) is 8.81. The van der Waals surface area contributed by atoms with Gasteiger partial charge in [0, 0.05) is 8.95 Å². The van der Waals surface area contributed by atoms with Gasteiger partial charge in [-0.2, -0.15) is 0 Å². The first-order chi connectivity index (χ1) is 16.5.